The van der Waals surface area contributed by atoms with Crippen molar-refractivity contribution in [3.63, 3.8) is 0 Å². The summed E-state index contributed by atoms with van der Waals surface area (Å²) in [6.07, 6.45) is -2.01. The van der Waals surface area contributed by atoms with Crippen LogP contribution in [-0.2, 0) is 11.0 Å². The number of hydrogen-bond donors (Lipinski definition) is 3. The topological polar surface area (TPSA) is 70.2 Å². The van der Waals surface area contributed by atoms with Crippen LogP contribution in [0.15, 0.2) is 24.3 Å². The zero-order valence-corrected chi connectivity index (χ0v) is 13.2. The first-order chi connectivity index (χ1) is 11.3. The van der Waals surface area contributed by atoms with E-state index >= 15 is 0 Å². The lowest BCUT2D eigenvalue weighted by Crippen LogP contribution is -2.42. The molecule has 0 bridgehead atoms. The highest BCUT2D eigenvalue weighted by Crippen LogP contribution is 2.34. The Bertz CT molecular complexity index is 596. The molecule has 3 N–H and O–H groups in total. The maximum absolute atomic E-state index is 12.9. The third kappa shape index (κ3) is 4.62. The van der Waals surface area contributed by atoms with Gasteiger partial charge in [-0.15, -0.1) is 0 Å². The van der Waals surface area contributed by atoms with Crippen LogP contribution in [0, 0.1) is 5.92 Å². The zero-order valence-electron chi connectivity index (χ0n) is 13.2. The third-order valence-corrected chi connectivity index (χ3v) is 4.16. The fourth-order valence-electron chi connectivity index (χ4n) is 2.89. The summed E-state index contributed by atoms with van der Waals surface area (Å²) in [5, 5.41) is 7.53. The summed E-state index contributed by atoms with van der Waals surface area (Å²) in [6, 6.07) is 4.01. The molecule has 1 aromatic rings. The van der Waals surface area contributed by atoms with E-state index in [2.05, 4.69) is 16.0 Å². The smallest absolute Gasteiger partial charge is 0.359 e. The van der Waals surface area contributed by atoms with Gasteiger partial charge < -0.3 is 16.0 Å². The molecular weight excluding hydrogens is 323 g/mol. The summed E-state index contributed by atoms with van der Waals surface area (Å²) >= 11 is 0. The van der Waals surface area contributed by atoms with Crippen LogP contribution in [0.25, 0.3) is 0 Å². The molecule has 1 saturated carbocycles. The van der Waals surface area contributed by atoms with Gasteiger partial charge in [0, 0.05) is 19.0 Å². The number of benzene rings is 1. The Morgan fingerprint density at radius 2 is 1.71 bits per heavy atom. The molecular formula is C16H20F3N3O2. The standard InChI is InChI=1S/C16H20F3N3O2/c1-20-14(23)10-6-8-11(9-7-10)21-15(24)22-13-5-3-2-4-12(13)16(17,18)19/h2-5,10-11H,6-9H2,1H3,(H,20,23)(H2,21,22,24). The molecule has 0 unspecified atom stereocenters. The number of hydrogen-bond acceptors (Lipinski definition) is 2. The minimum atomic E-state index is -4.53. The molecule has 1 aliphatic carbocycles. The number of rotatable bonds is 3. The first kappa shape index (κ1) is 18.1. The van der Waals surface area contributed by atoms with Crippen molar-refractivity contribution in [3.05, 3.63) is 29.8 Å². The highest BCUT2D eigenvalue weighted by atomic mass is 19.4. The first-order valence-corrected chi connectivity index (χ1v) is 7.76. The Morgan fingerprint density at radius 1 is 1.08 bits per heavy atom. The molecule has 0 heterocycles. The minimum absolute atomic E-state index is 0.0167. The molecule has 132 valence electrons. The largest absolute Gasteiger partial charge is 0.418 e. The monoisotopic (exact) mass is 343 g/mol. The summed E-state index contributed by atoms with van der Waals surface area (Å²) in [4.78, 5) is 23.5. The summed E-state index contributed by atoms with van der Waals surface area (Å²) in [5.41, 5.74) is -1.16. The van der Waals surface area contributed by atoms with Gasteiger partial charge in [-0.25, -0.2) is 4.79 Å². The van der Waals surface area contributed by atoms with E-state index in [1.165, 1.54) is 18.2 Å². The molecule has 0 spiro atoms. The normalized spacial score (nSPS) is 21.0. The van der Waals surface area contributed by atoms with Crippen LogP contribution in [0.4, 0.5) is 23.7 Å². The lowest BCUT2D eigenvalue weighted by Gasteiger charge is -2.28. The van der Waals surface area contributed by atoms with Crippen molar-refractivity contribution in [2.75, 3.05) is 12.4 Å². The SMILES string of the molecule is CNC(=O)C1CCC(NC(=O)Nc2ccccc2C(F)(F)F)CC1. The van der Waals surface area contributed by atoms with Gasteiger partial charge in [0.15, 0.2) is 0 Å². The fourth-order valence-corrected chi connectivity index (χ4v) is 2.89. The van der Waals surface area contributed by atoms with E-state index in [9.17, 15) is 22.8 Å². The Morgan fingerprint density at radius 3 is 2.29 bits per heavy atom. The van der Waals surface area contributed by atoms with Crippen molar-refractivity contribution in [1.82, 2.24) is 10.6 Å². The van der Waals surface area contributed by atoms with Crippen LogP contribution in [0.1, 0.15) is 31.2 Å². The van der Waals surface area contributed by atoms with Gasteiger partial charge in [0.25, 0.3) is 0 Å². The van der Waals surface area contributed by atoms with Crippen molar-refractivity contribution in [1.29, 1.82) is 0 Å². The van der Waals surface area contributed by atoms with E-state index < -0.39 is 17.8 Å². The molecule has 24 heavy (non-hydrogen) atoms. The number of carbonyl (C=O) groups is 2. The summed E-state index contributed by atoms with van der Waals surface area (Å²) in [7, 11) is 1.58. The second-order valence-corrected chi connectivity index (χ2v) is 5.80. The third-order valence-electron chi connectivity index (χ3n) is 4.16. The molecule has 0 radical (unpaired) electrons. The van der Waals surface area contributed by atoms with Gasteiger partial charge in [-0.3, -0.25) is 4.79 Å². The predicted octanol–water partition coefficient (Wildman–Crippen LogP) is 3.13. The minimum Gasteiger partial charge on any atom is -0.359 e. The van der Waals surface area contributed by atoms with Gasteiger partial charge in [0.2, 0.25) is 5.91 Å². The highest BCUT2D eigenvalue weighted by molar-refractivity contribution is 5.90. The molecule has 0 atom stereocenters. The van der Waals surface area contributed by atoms with Gasteiger partial charge in [0.1, 0.15) is 0 Å². The van der Waals surface area contributed by atoms with Crippen LogP contribution < -0.4 is 16.0 Å². The molecule has 1 aromatic carbocycles. The Hall–Kier alpha value is -2.25. The first-order valence-electron chi connectivity index (χ1n) is 7.76. The van der Waals surface area contributed by atoms with Crippen molar-refractivity contribution in [2.24, 2.45) is 5.92 Å². The van der Waals surface area contributed by atoms with Crippen LogP contribution in [-0.4, -0.2) is 25.0 Å². The van der Waals surface area contributed by atoms with Crippen molar-refractivity contribution in [2.45, 2.75) is 37.9 Å². The number of anilines is 1. The zero-order chi connectivity index (χ0) is 17.7. The molecule has 0 saturated heterocycles. The maximum atomic E-state index is 12.9. The maximum Gasteiger partial charge on any atom is 0.418 e. The van der Waals surface area contributed by atoms with E-state index in [-0.39, 0.29) is 23.6 Å². The second kappa shape index (κ2) is 7.55. The molecule has 8 heteroatoms. The molecule has 0 aliphatic heterocycles. The van der Waals surface area contributed by atoms with Gasteiger partial charge in [0.05, 0.1) is 11.3 Å². The van der Waals surface area contributed by atoms with Crippen molar-refractivity contribution in [3.8, 4) is 0 Å². The number of alkyl halides is 3. The molecule has 1 aliphatic rings. The Kier molecular flexibility index (Phi) is 5.69. The number of carbonyl (C=O) groups excluding carboxylic acids is 2. The van der Waals surface area contributed by atoms with Crippen molar-refractivity contribution < 1.29 is 22.8 Å². The van der Waals surface area contributed by atoms with Crippen LogP contribution in [0.5, 0.6) is 0 Å². The fraction of sp³-hybridized carbons (Fsp3) is 0.500. The van der Waals surface area contributed by atoms with E-state index in [1.807, 2.05) is 0 Å². The Labute approximate surface area is 138 Å². The van der Waals surface area contributed by atoms with Gasteiger partial charge in [-0.2, -0.15) is 13.2 Å². The van der Waals surface area contributed by atoms with Crippen LogP contribution >= 0.6 is 0 Å². The van der Waals surface area contributed by atoms with E-state index in [0.29, 0.717) is 25.7 Å². The van der Waals surface area contributed by atoms with E-state index in [1.54, 1.807) is 7.05 Å². The Balaban J connectivity index is 1.90. The van der Waals surface area contributed by atoms with Gasteiger partial charge in [-0.05, 0) is 37.8 Å². The molecule has 5 nitrogen and oxygen atoms in total. The second-order valence-electron chi connectivity index (χ2n) is 5.80. The molecule has 1 fully saturated rings. The van der Waals surface area contributed by atoms with Crippen LogP contribution in [0.3, 0.4) is 0 Å². The van der Waals surface area contributed by atoms with Gasteiger partial charge >= 0.3 is 12.2 Å². The highest BCUT2D eigenvalue weighted by Gasteiger charge is 2.34. The van der Waals surface area contributed by atoms with Gasteiger partial charge in [-0.1, -0.05) is 12.1 Å². The number of amides is 3. The van der Waals surface area contributed by atoms with Crippen LogP contribution in [0.2, 0.25) is 0 Å². The molecule has 2 rings (SSSR count). The number of urea groups is 1. The molecule has 3 amide bonds. The molecule has 0 aromatic heterocycles. The lowest BCUT2D eigenvalue weighted by atomic mass is 9.85. The van der Waals surface area contributed by atoms with E-state index in [4.69, 9.17) is 0 Å². The summed E-state index contributed by atoms with van der Waals surface area (Å²) in [5.74, 6) is -0.0842. The predicted molar refractivity (Wildman–Crippen MR) is 83.4 cm³/mol. The number of para-hydroxylation sites is 1. The summed E-state index contributed by atoms with van der Waals surface area (Å²) < 4.78 is 38.7. The summed E-state index contributed by atoms with van der Waals surface area (Å²) in [6.45, 7) is 0. The average molecular weight is 343 g/mol. The number of halogens is 3. The van der Waals surface area contributed by atoms with E-state index in [0.717, 1.165) is 6.07 Å². The average Bonchev–Trinajstić information content (AvgIpc) is 2.54. The lowest BCUT2D eigenvalue weighted by molar-refractivity contribution is -0.137. The van der Waals surface area contributed by atoms with Crippen molar-refractivity contribution >= 4 is 17.6 Å². The quantitative estimate of drug-likeness (QED) is 0.789. The number of nitrogens with one attached hydrogen (secondary N) is 3.